The molecule has 0 aromatic rings. The highest BCUT2D eigenvalue weighted by molar-refractivity contribution is 5.77. The Morgan fingerprint density at radius 1 is 1.31 bits per heavy atom. The van der Waals surface area contributed by atoms with Crippen molar-refractivity contribution in [3.63, 3.8) is 0 Å². The molecule has 0 atom stereocenters. The summed E-state index contributed by atoms with van der Waals surface area (Å²) in [5.74, 6) is 0.122. The molecule has 3 N–H and O–H groups in total. The zero-order valence-corrected chi connectivity index (χ0v) is 9.84. The molecular weight excluding hydrogens is 204 g/mol. The van der Waals surface area contributed by atoms with Crippen molar-refractivity contribution in [3.8, 4) is 0 Å². The highest BCUT2D eigenvalue weighted by atomic mass is 16.5. The lowest BCUT2D eigenvalue weighted by Gasteiger charge is -2.27. The van der Waals surface area contributed by atoms with Gasteiger partial charge < -0.3 is 15.8 Å². The molecule has 2 rings (SSSR count). The first-order valence-corrected chi connectivity index (χ1v) is 6.34. The van der Waals surface area contributed by atoms with Crippen LogP contribution >= 0.6 is 0 Å². The minimum Gasteiger partial charge on any atom is -0.381 e. The van der Waals surface area contributed by atoms with Crippen molar-refractivity contribution in [2.24, 2.45) is 5.73 Å². The van der Waals surface area contributed by atoms with Crippen LogP contribution in [0.15, 0.2) is 0 Å². The van der Waals surface area contributed by atoms with E-state index in [0.717, 1.165) is 38.9 Å². The van der Waals surface area contributed by atoms with Crippen LogP contribution in [0, 0.1) is 0 Å². The van der Waals surface area contributed by atoms with Gasteiger partial charge in [0.2, 0.25) is 5.91 Å². The van der Waals surface area contributed by atoms with Crippen molar-refractivity contribution in [3.05, 3.63) is 0 Å². The molecule has 2 fully saturated rings. The van der Waals surface area contributed by atoms with E-state index >= 15 is 0 Å². The van der Waals surface area contributed by atoms with Gasteiger partial charge in [-0.2, -0.15) is 0 Å². The number of carbonyl (C=O) groups is 1. The average molecular weight is 226 g/mol. The number of hydrogen-bond acceptors (Lipinski definition) is 3. The predicted octanol–water partition coefficient (Wildman–Crippen LogP) is 0.943. The molecule has 1 saturated heterocycles. The van der Waals surface area contributed by atoms with Crippen LogP contribution in [0.2, 0.25) is 0 Å². The van der Waals surface area contributed by atoms with E-state index in [9.17, 15) is 4.79 Å². The summed E-state index contributed by atoms with van der Waals surface area (Å²) < 4.78 is 5.26. The van der Waals surface area contributed by atoms with E-state index in [1.54, 1.807) is 0 Å². The Balaban J connectivity index is 1.74. The second kappa shape index (κ2) is 5.15. The van der Waals surface area contributed by atoms with Gasteiger partial charge >= 0.3 is 0 Å². The summed E-state index contributed by atoms with van der Waals surface area (Å²) in [5.41, 5.74) is 5.95. The van der Waals surface area contributed by atoms with Gasteiger partial charge in [0.05, 0.1) is 0 Å². The van der Waals surface area contributed by atoms with Crippen LogP contribution in [0.5, 0.6) is 0 Å². The number of rotatable bonds is 3. The fourth-order valence-electron chi connectivity index (χ4n) is 2.70. The van der Waals surface area contributed by atoms with Crippen molar-refractivity contribution in [2.75, 3.05) is 13.2 Å². The molecule has 1 heterocycles. The Morgan fingerprint density at radius 3 is 2.56 bits per heavy atom. The Hall–Kier alpha value is -0.610. The van der Waals surface area contributed by atoms with Gasteiger partial charge in [-0.3, -0.25) is 4.79 Å². The van der Waals surface area contributed by atoms with Crippen LogP contribution in [-0.2, 0) is 9.53 Å². The third-order valence-electron chi connectivity index (χ3n) is 3.70. The highest BCUT2D eigenvalue weighted by Crippen LogP contribution is 2.29. The number of nitrogens with one attached hydrogen (secondary N) is 1. The molecule has 1 aliphatic carbocycles. The van der Waals surface area contributed by atoms with Crippen molar-refractivity contribution < 1.29 is 9.53 Å². The number of amides is 1. The standard InChI is InChI=1S/C12H22N2O2/c13-12(5-1-2-6-12)9-11(15)14-10-3-7-16-8-4-10/h10H,1-9,13H2,(H,14,15). The Labute approximate surface area is 96.9 Å². The monoisotopic (exact) mass is 226 g/mol. The van der Waals surface area contributed by atoms with Crippen molar-refractivity contribution in [1.29, 1.82) is 0 Å². The van der Waals surface area contributed by atoms with Gasteiger partial charge in [-0.05, 0) is 25.7 Å². The van der Waals surface area contributed by atoms with E-state index in [-0.39, 0.29) is 11.4 Å². The van der Waals surface area contributed by atoms with Crippen LogP contribution < -0.4 is 11.1 Å². The van der Waals surface area contributed by atoms with Gasteiger partial charge in [-0.15, -0.1) is 0 Å². The summed E-state index contributed by atoms with van der Waals surface area (Å²) >= 11 is 0. The minimum atomic E-state index is -0.227. The molecule has 2 aliphatic rings. The number of carbonyl (C=O) groups excluding carboxylic acids is 1. The molecule has 1 aliphatic heterocycles. The van der Waals surface area contributed by atoms with E-state index in [2.05, 4.69) is 5.32 Å². The maximum absolute atomic E-state index is 11.8. The number of hydrogen-bond donors (Lipinski definition) is 2. The Bertz CT molecular complexity index is 243. The third-order valence-corrected chi connectivity index (χ3v) is 3.70. The van der Waals surface area contributed by atoms with Crippen LogP contribution in [0.25, 0.3) is 0 Å². The van der Waals surface area contributed by atoms with Crippen LogP contribution in [0.3, 0.4) is 0 Å². The lowest BCUT2D eigenvalue weighted by molar-refractivity contribution is -0.123. The molecule has 0 spiro atoms. The molecule has 0 aromatic carbocycles. The summed E-state index contributed by atoms with van der Waals surface area (Å²) in [6, 6.07) is 0.297. The zero-order valence-electron chi connectivity index (χ0n) is 9.84. The average Bonchev–Trinajstić information content (AvgIpc) is 2.66. The van der Waals surface area contributed by atoms with E-state index in [0.29, 0.717) is 12.5 Å². The van der Waals surface area contributed by atoms with Gasteiger partial charge in [0.1, 0.15) is 0 Å². The van der Waals surface area contributed by atoms with Gasteiger partial charge in [0.15, 0.2) is 0 Å². The summed E-state index contributed by atoms with van der Waals surface area (Å²) in [6.07, 6.45) is 6.68. The zero-order chi connectivity index (χ0) is 11.4. The van der Waals surface area contributed by atoms with E-state index < -0.39 is 0 Å². The number of nitrogens with two attached hydrogens (primary N) is 1. The first-order valence-electron chi connectivity index (χ1n) is 6.34. The molecule has 92 valence electrons. The van der Waals surface area contributed by atoms with Crippen molar-refractivity contribution >= 4 is 5.91 Å². The summed E-state index contributed by atoms with van der Waals surface area (Å²) in [4.78, 5) is 11.8. The molecule has 4 heteroatoms. The van der Waals surface area contributed by atoms with Crippen LogP contribution in [0.4, 0.5) is 0 Å². The molecular formula is C12H22N2O2. The van der Waals surface area contributed by atoms with Crippen molar-refractivity contribution in [2.45, 2.75) is 56.5 Å². The van der Waals surface area contributed by atoms with Gasteiger partial charge in [-0.25, -0.2) is 0 Å². The van der Waals surface area contributed by atoms with Crippen molar-refractivity contribution in [1.82, 2.24) is 5.32 Å². The molecule has 1 amide bonds. The molecule has 0 radical (unpaired) electrons. The Kier molecular flexibility index (Phi) is 3.82. The number of ether oxygens (including phenoxy) is 1. The molecule has 0 aromatic heterocycles. The molecule has 16 heavy (non-hydrogen) atoms. The quantitative estimate of drug-likeness (QED) is 0.753. The normalized spacial score (nSPS) is 25.6. The van der Waals surface area contributed by atoms with Crippen LogP contribution in [-0.4, -0.2) is 30.7 Å². The van der Waals surface area contributed by atoms with E-state index in [1.165, 1.54) is 12.8 Å². The smallest absolute Gasteiger partial charge is 0.222 e. The lowest BCUT2D eigenvalue weighted by Crippen LogP contribution is -2.45. The SMILES string of the molecule is NC1(CC(=O)NC2CCOCC2)CCCC1. The first kappa shape index (κ1) is 11.9. The molecule has 1 saturated carbocycles. The summed E-state index contributed by atoms with van der Waals surface area (Å²) in [7, 11) is 0. The largest absolute Gasteiger partial charge is 0.381 e. The van der Waals surface area contributed by atoms with E-state index in [1.807, 2.05) is 0 Å². The summed E-state index contributed by atoms with van der Waals surface area (Å²) in [6.45, 7) is 1.53. The first-order chi connectivity index (χ1) is 7.68. The van der Waals surface area contributed by atoms with Gasteiger partial charge in [-0.1, -0.05) is 12.8 Å². The minimum absolute atomic E-state index is 0.122. The maximum Gasteiger partial charge on any atom is 0.222 e. The summed E-state index contributed by atoms with van der Waals surface area (Å²) in [5, 5.41) is 3.07. The second-order valence-electron chi connectivity index (χ2n) is 5.20. The van der Waals surface area contributed by atoms with E-state index in [4.69, 9.17) is 10.5 Å². The topological polar surface area (TPSA) is 64.4 Å². The van der Waals surface area contributed by atoms with Crippen LogP contribution in [0.1, 0.15) is 44.9 Å². The fourth-order valence-corrected chi connectivity index (χ4v) is 2.70. The fraction of sp³-hybridized carbons (Fsp3) is 0.917. The lowest BCUT2D eigenvalue weighted by atomic mass is 9.94. The molecule has 4 nitrogen and oxygen atoms in total. The predicted molar refractivity (Wildman–Crippen MR) is 62.0 cm³/mol. The maximum atomic E-state index is 11.8. The van der Waals surface area contributed by atoms with Gasteiger partial charge in [0, 0.05) is 31.2 Å². The second-order valence-corrected chi connectivity index (χ2v) is 5.20. The highest BCUT2D eigenvalue weighted by Gasteiger charge is 2.32. The van der Waals surface area contributed by atoms with Gasteiger partial charge in [0.25, 0.3) is 0 Å². The third kappa shape index (κ3) is 3.19. The molecule has 0 unspecified atom stereocenters. The molecule has 0 bridgehead atoms. The Morgan fingerprint density at radius 2 is 1.94 bits per heavy atom.